The summed E-state index contributed by atoms with van der Waals surface area (Å²) in [6.07, 6.45) is 3.16. The number of Topliss-reactive ketones (excluding diaryl/α,β-unsaturated/α-hetero) is 1. The first-order valence-corrected chi connectivity index (χ1v) is 11.0. The molecule has 0 saturated carbocycles. The van der Waals surface area contributed by atoms with Gasteiger partial charge in [-0.2, -0.15) is 0 Å². The van der Waals surface area contributed by atoms with Gasteiger partial charge in [0.2, 0.25) is 0 Å². The summed E-state index contributed by atoms with van der Waals surface area (Å²) in [6.45, 7) is 4.27. The average molecular weight is 417 g/mol. The fourth-order valence-corrected chi connectivity index (χ4v) is 5.56. The second-order valence-corrected chi connectivity index (χ2v) is 9.10. The fourth-order valence-electron chi connectivity index (χ4n) is 5.56. The number of aromatic amines is 1. The number of H-pyrrole nitrogens is 1. The molecule has 0 radical (unpaired) electrons. The van der Waals surface area contributed by atoms with Crippen molar-refractivity contribution in [2.24, 2.45) is 5.92 Å². The van der Waals surface area contributed by atoms with Crippen LogP contribution in [0.1, 0.15) is 46.3 Å². The van der Waals surface area contributed by atoms with Crippen LogP contribution in [0.4, 0.5) is 0 Å². The number of ketones is 1. The molecule has 1 aliphatic heterocycles. The van der Waals surface area contributed by atoms with Crippen LogP contribution in [0.15, 0.2) is 48.7 Å². The van der Waals surface area contributed by atoms with E-state index in [1.807, 2.05) is 25.1 Å². The topological polar surface area (TPSA) is 62.4 Å². The normalized spacial score (nSPS) is 23.9. The maximum atomic E-state index is 13.3. The molecule has 0 bridgehead atoms. The van der Waals surface area contributed by atoms with Gasteiger partial charge in [0.25, 0.3) is 0 Å². The van der Waals surface area contributed by atoms with Crippen molar-refractivity contribution < 1.29 is 14.3 Å². The van der Waals surface area contributed by atoms with Crippen LogP contribution in [0.2, 0.25) is 0 Å². The van der Waals surface area contributed by atoms with E-state index in [-0.39, 0.29) is 11.7 Å². The molecule has 5 heteroatoms. The first-order valence-electron chi connectivity index (χ1n) is 11.0. The number of nitrogens with zero attached hydrogens (tertiary/aromatic N) is 1. The number of likely N-dealkylation sites (tertiary alicyclic amines) is 1. The quantitative estimate of drug-likeness (QED) is 0.646. The fraction of sp³-hybridized carbons (Fsp3) is 0.385. The third-order valence-corrected chi connectivity index (χ3v) is 7.18. The maximum absolute atomic E-state index is 13.3. The number of carbonyl (C=O) groups excluding carboxylic acids is 2. The van der Waals surface area contributed by atoms with Crippen LogP contribution >= 0.6 is 0 Å². The summed E-state index contributed by atoms with van der Waals surface area (Å²) in [4.78, 5) is 31.6. The lowest BCUT2D eigenvalue weighted by Gasteiger charge is -2.45. The first kappa shape index (κ1) is 20.0. The lowest BCUT2D eigenvalue weighted by atomic mass is 9.71. The van der Waals surface area contributed by atoms with Gasteiger partial charge in [0.05, 0.1) is 5.56 Å². The van der Waals surface area contributed by atoms with E-state index >= 15 is 0 Å². The zero-order chi connectivity index (χ0) is 21.7. The van der Waals surface area contributed by atoms with Gasteiger partial charge in [-0.05, 0) is 62.6 Å². The summed E-state index contributed by atoms with van der Waals surface area (Å²) in [5, 5.41) is 1.32. The highest BCUT2D eigenvalue weighted by atomic mass is 16.5. The molecule has 2 unspecified atom stereocenters. The van der Waals surface area contributed by atoms with Crippen LogP contribution in [-0.2, 0) is 16.0 Å². The molecule has 0 spiro atoms. The third-order valence-electron chi connectivity index (χ3n) is 7.18. The zero-order valence-corrected chi connectivity index (χ0v) is 18.2. The second-order valence-electron chi connectivity index (χ2n) is 9.10. The SMILES string of the molecule is Cc1ccccc1C(=O)OC(C)C(=O)C1C[C@@H]2c3cccc4[nH]cc(c34)C[C@H]2N(C)C1. The van der Waals surface area contributed by atoms with Gasteiger partial charge in [-0.15, -0.1) is 0 Å². The molecule has 1 saturated heterocycles. The Morgan fingerprint density at radius 1 is 1.16 bits per heavy atom. The van der Waals surface area contributed by atoms with E-state index in [4.69, 9.17) is 4.74 Å². The summed E-state index contributed by atoms with van der Waals surface area (Å²) in [5.74, 6) is -0.264. The number of esters is 1. The molecule has 1 fully saturated rings. The van der Waals surface area contributed by atoms with Gasteiger partial charge in [0, 0.05) is 41.5 Å². The molecule has 3 aromatic rings. The molecule has 5 nitrogen and oxygen atoms in total. The first-order chi connectivity index (χ1) is 14.9. The number of ether oxygens (including phenoxy) is 1. The number of aromatic nitrogens is 1. The Bertz CT molecular complexity index is 1160. The molecule has 0 amide bonds. The Labute approximate surface area is 182 Å². The van der Waals surface area contributed by atoms with Crippen molar-refractivity contribution in [3.05, 3.63) is 70.9 Å². The van der Waals surface area contributed by atoms with Crippen LogP contribution in [0, 0.1) is 12.8 Å². The molecule has 5 rings (SSSR count). The summed E-state index contributed by atoms with van der Waals surface area (Å²) < 4.78 is 5.59. The van der Waals surface area contributed by atoms with E-state index in [2.05, 4.69) is 41.3 Å². The van der Waals surface area contributed by atoms with Gasteiger partial charge in [-0.1, -0.05) is 30.3 Å². The Hall–Kier alpha value is -2.92. The molecule has 2 aliphatic rings. The van der Waals surface area contributed by atoms with Crippen molar-refractivity contribution in [1.82, 2.24) is 9.88 Å². The number of hydrogen-bond acceptors (Lipinski definition) is 4. The van der Waals surface area contributed by atoms with Gasteiger partial charge in [0.1, 0.15) is 0 Å². The lowest BCUT2D eigenvalue weighted by Crippen LogP contribution is -2.51. The van der Waals surface area contributed by atoms with Gasteiger partial charge in [-0.3, -0.25) is 4.79 Å². The van der Waals surface area contributed by atoms with Crippen LogP contribution in [0.25, 0.3) is 10.9 Å². The smallest absolute Gasteiger partial charge is 0.339 e. The number of hydrogen-bond donors (Lipinski definition) is 1. The van der Waals surface area contributed by atoms with Gasteiger partial charge in [0.15, 0.2) is 11.9 Å². The van der Waals surface area contributed by atoms with E-state index in [0.29, 0.717) is 24.1 Å². The largest absolute Gasteiger partial charge is 0.451 e. The lowest BCUT2D eigenvalue weighted by molar-refractivity contribution is -0.133. The average Bonchev–Trinajstić information content (AvgIpc) is 3.18. The molecule has 1 aromatic heterocycles. The monoisotopic (exact) mass is 416 g/mol. The van der Waals surface area contributed by atoms with Crippen molar-refractivity contribution in [3.63, 3.8) is 0 Å². The summed E-state index contributed by atoms with van der Waals surface area (Å²) in [6, 6.07) is 14.1. The van der Waals surface area contributed by atoms with Crippen molar-refractivity contribution in [2.75, 3.05) is 13.6 Å². The van der Waals surface area contributed by atoms with Crippen LogP contribution < -0.4 is 0 Å². The molecule has 1 aliphatic carbocycles. The van der Waals surface area contributed by atoms with Crippen LogP contribution in [0.3, 0.4) is 0 Å². The molecule has 31 heavy (non-hydrogen) atoms. The molecule has 2 heterocycles. The standard InChI is InChI=1S/C26H28N2O3/c1-15-7-4-5-8-19(15)26(30)31-16(2)25(29)18-11-21-20-9-6-10-22-24(20)17(13-27-22)12-23(21)28(3)14-18/h4-10,13,16,18,21,23,27H,11-12,14H2,1-3H3/t16?,18?,21-,23-/m1/s1. The molecule has 1 N–H and O–H groups in total. The number of carbonyl (C=O) groups is 2. The molecule has 2 aromatic carbocycles. The van der Waals surface area contributed by atoms with E-state index in [1.54, 1.807) is 13.0 Å². The van der Waals surface area contributed by atoms with Crippen LogP contribution in [0.5, 0.6) is 0 Å². The van der Waals surface area contributed by atoms with Crippen LogP contribution in [-0.4, -0.2) is 47.4 Å². The van der Waals surface area contributed by atoms with E-state index in [0.717, 1.165) is 18.4 Å². The van der Waals surface area contributed by atoms with Gasteiger partial charge in [-0.25, -0.2) is 4.79 Å². The number of benzene rings is 2. The Morgan fingerprint density at radius 2 is 1.97 bits per heavy atom. The number of nitrogens with one attached hydrogen (secondary N) is 1. The highest BCUT2D eigenvalue weighted by Gasteiger charge is 2.42. The highest BCUT2D eigenvalue weighted by Crippen LogP contribution is 2.44. The third kappa shape index (κ3) is 3.37. The molecule has 160 valence electrons. The number of fused-ring (bicyclic) bond motifs is 2. The number of piperidine rings is 1. The van der Waals surface area contributed by atoms with Crippen molar-refractivity contribution in [2.45, 2.75) is 44.8 Å². The minimum absolute atomic E-state index is 0.0132. The minimum atomic E-state index is -0.760. The number of rotatable bonds is 4. The predicted molar refractivity (Wildman–Crippen MR) is 120 cm³/mol. The minimum Gasteiger partial charge on any atom is -0.451 e. The Kier molecular flexibility index (Phi) is 4.94. The van der Waals surface area contributed by atoms with E-state index < -0.39 is 12.1 Å². The van der Waals surface area contributed by atoms with Crippen molar-refractivity contribution in [3.8, 4) is 0 Å². The van der Waals surface area contributed by atoms with E-state index in [9.17, 15) is 9.59 Å². The summed E-state index contributed by atoms with van der Waals surface area (Å²) in [5.41, 5.74) is 5.23. The Balaban J connectivity index is 1.36. The predicted octanol–water partition coefficient (Wildman–Crippen LogP) is 4.25. The van der Waals surface area contributed by atoms with Gasteiger partial charge < -0.3 is 14.6 Å². The Morgan fingerprint density at radius 3 is 2.77 bits per heavy atom. The number of likely N-dealkylation sites (N-methyl/N-ethyl adjacent to an activating group) is 1. The summed E-state index contributed by atoms with van der Waals surface area (Å²) >= 11 is 0. The molecular weight excluding hydrogens is 388 g/mol. The summed E-state index contributed by atoms with van der Waals surface area (Å²) in [7, 11) is 2.11. The molecule has 4 atom stereocenters. The van der Waals surface area contributed by atoms with Crippen molar-refractivity contribution >= 4 is 22.7 Å². The van der Waals surface area contributed by atoms with Gasteiger partial charge >= 0.3 is 5.97 Å². The highest BCUT2D eigenvalue weighted by molar-refractivity contribution is 5.94. The zero-order valence-electron chi connectivity index (χ0n) is 18.2. The molecular formula is C26H28N2O3. The second kappa shape index (κ2) is 7.65. The van der Waals surface area contributed by atoms with Crippen molar-refractivity contribution in [1.29, 1.82) is 0 Å². The van der Waals surface area contributed by atoms with E-state index in [1.165, 1.54) is 22.0 Å². The number of aryl methyl sites for hydroxylation is 1. The maximum Gasteiger partial charge on any atom is 0.339 e.